The first-order chi connectivity index (χ1) is 27.6. The maximum Gasteiger partial charge on any atom is 0.407 e. The van der Waals surface area contributed by atoms with E-state index in [-0.39, 0.29) is 48.4 Å². The molecule has 6 heterocycles. The fraction of sp³-hybridized carbons (Fsp3) is 0.444. The molecular weight excluding hydrogens is 753 g/mol. The van der Waals surface area contributed by atoms with Gasteiger partial charge in [0.15, 0.2) is 0 Å². The molecule has 0 unspecified atom stereocenters. The van der Waals surface area contributed by atoms with Crippen molar-refractivity contribution in [3.8, 4) is 0 Å². The molecule has 0 radical (unpaired) electrons. The topological polar surface area (TPSA) is 194 Å². The minimum absolute atomic E-state index is 0.104. The second-order valence-electron chi connectivity index (χ2n) is 17.2. The molecule has 59 heavy (non-hydrogen) atoms. The Morgan fingerprint density at radius 3 is 2.15 bits per heavy atom. The Hall–Kier alpha value is -6.05. The summed E-state index contributed by atoms with van der Waals surface area (Å²) in [6, 6.07) is 5.73. The summed E-state index contributed by atoms with van der Waals surface area (Å²) in [5.41, 5.74) is 8.10. The van der Waals surface area contributed by atoms with Crippen LogP contribution in [0.5, 0.6) is 0 Å². The van der Waals surface area contributed by atoms with E-state index in [1.807, 2.05) is 66.7 Å². The van der Waals surface area contributed by atoms with Crippen molar-refractivity contribution in [3.05, 3.63) is 81.2 Å². The third-order valence-corrected chi connectivity index (χ3v) is 10.6. The fourth-order valence-corrected chi connectivity index (χ4v) is 7.73. The highest BCUT2D eigenvalue weighted by atomic mass is 16.6. The number of alkyl carbamates (subject to hydrolysis) is 1. The van der Waals surface area contributed by atoms with Crippen molar-refractivity contribution >= 4 is 63.2 Å². The summed E-state index contributed by atoms with van der Waals surface area (Å²) < 4.78 is 16.2. The van der Waals surface area contributed by atoms with Gasteiger partial charge in [0, 0.05) is 59.9 Å². The van der Waals surface area contributed by atoms with Crippen molar-refractivity contribution in [2.45, 2.75) is 118 Å². The van der Waals surface area contributed by atoms with Crippen molar-refractivity contribution in [2.24, 2.45) is 0 Å². The minimum atomic E-state index is -0.803. The minimum Gasteiger partial charge on any atom is -0.457 e. The summed E-state index contributed by atoms with van der Waals surface area (Å²) in [6.45, 7) is 20.9. The van der Waals surface area contributed by atoms with Crippen LogP contribution in [-0.4, -0.2) is 74.1 Å². The molecule has 2 aromatic rings. The van der Waals surface area contributed by atoms with E-state index in [4.69, 9.17) is 24.2 Å². The number of carbonyl (C=O) groups excluding carboxylic acids is 5. The Bertz CT molecular complexity index is 2430. The Morgan fingerprint density at radius 2 is 1.47 bits per heavy atom. The Kier molecular flexibility index (Phi) is 11.8. The van der Waals surface area contributed by atoms with Crippen molar-refractivity contribution < 1.29 is 38.2 Å². The number of fused-ring (bicyclic) bond motifs is 8. The van der Waals surface area contributed by atoms with E-state index in [9.17, 15) is 24.0 Å². The van der Waals surface area contributed by atoms with Crippen LogP contribution in [0.1, 0.15) is 161 Å². The van der Waals surface area contributed by atoms with Crippen molar-refractivity contribution in [2.75, 3.05) is 13.1 Å². The number of nitrogens with one attached hydrogen (secondary N) is 4. The lowest BCUT2D eigenvalue weighted by molar-refractivity contribution is -0.148. The van der Waals surface area contributed by atoms with E-state index in [1.54, 1.807) is 33.8 Å². The van der Waals surface area contributed by atoms with Gasteiger partial charge in [-0.3, -0.25) is 4.79 Å². The highest BCUT2D eigenvalue weighted by Gasteiger charge is 2.38. The van der Waals surface area contributed by atoms with Gasteiger partial charge in [0.1, 0.15) is 16.8 Å². The average Bonchev–Trinajstić information content (AvgIpc) is 3.80. The van der Waals surface area contributed by atoms with Gasteiger partial charge in [-0.05, 0) is 122 Å². The Labute approximate surface area is 344 Å². The monoisotopic (exact) mass is 806 g/mol. The van der Waals surface area contributed by atoms with Gasteiger partial charge in [-0.2, -0.15) is 0 Å². The SMILES string of the molecule is CCC1=C(C)c2cc3nc(cc4[nH]c(c5c6[nH]c(cc1n2)c(C)c6C(=O)OC5=O)[C@@H](CCC(=O)NCCNC(=O)OC(C)(C)C)[C@@H]4C)C(C)=C3/C=C/C(=O)OC(C)(C)C. The van der Waals surface area contributed by atoms with Crippen LogP contribution < -0.4 is 10.6 Å². The molecule has 8 bridgehead atoms. The molecule has 4 aliphatic rings. The summed E-state index contributed by atoms with van der Waals surface area (Å²) in [5.74, 6) is -2.90. The molecule has 2 aromatic heterocycles. The van der Waals surface area contributed by atoms with Crippen LogP contribution in [0.4, 0.5) is 4.79 Å². The highest BCUT2D eigenvalue weighted by Crippen LogP contribution is 2.44. The average molecular weight is 807 g/mol. The molecule has 2 atom stereocenters. The van der Waals surface area contributed by atoms with Gasteiger partial charge in [-0.25, -0.2) is 29.1 Å². The number of carbonyl (C=O) groups is 5. The highest BCUT2D eigenvalue weighted by molar-refractivity contribution is 6.18. The van der Waals surface area contributed by atoms with Gasteiger partial charge in [0.2, 0.25) is 5.91 Å². The van der Waals surface area contributed by atoms with Crippen LogP contribution in [0.3, 0.4) is 0 Å². The second-order valence-corrected chi connectivity index (χ2v) is 17.2. The lowest BCUT2D eigenvalue weighted by Gasteiger charge is -2.20. The normalized spacial score (nSPS) is 17.3. The van der Waals surface area contributed by atoms with Gasteiger partial charge in [0.25, 0.3) is 0 Å². The largest absolute Gasteiger partial charge is 0.457 e. The molecule has 0 aromatic carbocycles. The van der Waals surface area contributed by atoms with E-state index in [0.29, 0.717) is 57.9 Å². The molecule has 2 amide bonds. The van der Waals surface area contributed by atoms with Gasteiger partial charge in [0.05, 0.1) is 33.9 Å². The molecule has 6 rings (SSSR count). The summed E-state index contributed by atoms with van der Waals surface area (Å²) in [7, 11) is 0. The zero-order chi connectivity index (χ0) is 43.1. The molecule has 0 saturated carbocycles. The maximum atomic E-state index is 13.8. The Balaban J connectivity index is 1.49. The lowest BCUT2D eigenvalue weighted by Crippen LogP contribution is -2.37. The van der Waals surface area contributed by atoms with E-state index in [0.717, 1.165) is 28.0 Å². The van der Waals surface area contributed by atoms with Crippen LogP contribution in [-0.2, 0) is 23.8 Å². The smallest absolute Gasteiger partial charge is 0.407 e. The number of allylic oxidation sites excluding steroid dienone is 5. The molecule has 0 saturated heterocycles. The predicted molar refractivity (Wildman–Crippen MR) is 225 cm³/mol. The molecular formula is C45H54N6O8. The summed E-state index contributed by atoms with van der Waals surface area (Å²) in [6.07, 6.45) is 3.66. The van der Waals surface area contributed by atoms with Gasteiger partial charge >= 0.3 is 24.0 Å². The third kappa shape index (κ3) is 9.16. The Morgan fingerprint density at radius 1 is 0.831 bits per heavy atom. The first-order valence-corrected chi connectivity index (χ1v) is 20.1. The van der Waals surface area contributed by atoms with E-state index < -0.39 is 35.2 Å². The van der Waals surface area contributed by atoms with Crippen LogP contribution in [0.15, 0.2) is 30.4 Å². The number of aromatic amines is 2. The maximum absolute atomic E-state index is 13.8. The first-order valence-electron chi connectivity index (χ1n) is 20.1. The quantitative estimate of drug-likeness (QED) is 0.0632. The van der Waals surface area contributed by atoms with Crippen molar-refractivity contribution in [3.63, 3.8) is 0 Å². The fourth-order valence-electron chi connectivity index (χ4n) is 7.73. The molecule has 14 heteroatoms. The number of aromatic nitrogens is 4. The van der Waals surface area contributed by atoms with Crippen LogP contribution in [0.2, 0.25) is 0 Å². The third-order valence-electron chi connectivity index (χ3n) is 10.6. The number of cyclic esters (lactones) is 2. The molecule has 4 aliphatic heterocycles. The van der Waals surface area contributed by atoms with Crippen LogP contribution in [0.25, 0.3) is 33.3 Å². The van der Waals surface area contributed by atoms with E-state index >= 15 is 0 Å². The van der Waals surface area contributed by atoms with Gasteiger partial charge < -0.3 is 34.8 Å². The van der Waals surface area contributed by atoms with E-state index in [2.05, 4.69) is 20.6 Å². The number of H-pyrrole nitrogens is 2. The van der Waals surface area contributed by atoms with Crippen LogP contribution in [0, 0.1) is 6.92 Å². The molecule has 0 spiro atoms. The number of rotatable bonds is 9. The van der Waals surface area contributed by atoms with Crippen molar-refractivity contribution in [1.29, 1.82) is 0 Å². The number of ether oxygens (including phenoxy) is 3. The lowest BCUT2D eigenvalue weighted by atomic mass is 9.85. The summed E-state index contributed by atoms with van der Waals surface area (Å²) in [5, 5.41) is 5.49. The van der Waals surface area contributed by atoms with Gasteiger partial charge in [-0.1, -0.05) is 13.8 Å². The zero-order valence-corrected chi connectivity index (χ0v) is 35.7. The van der Waals surface area contributed by atoms with Crippen LogP contribution >= 0.6 is 0 Å². The standard InChI is InChI=1S/C45H54N6O8/c1-12-26-22(2)30-20-34-27(14-16-36(53)58-44(6,7)8)23(3)29(49-34)19-31-24(4)28(13-15-35(52)46-17-18-47-43(56)59-45(9,10)11)39(50-31)38-40-37(41(54)57-42(38)55)25(5)32(51-40)21-33(26)48-30/h14,16,19-21,24,28,50-51H,12-13,15,17-18H2,1-11H3,(H,46,52)(H,47,56)/b16-14+,31-19?,33-21?,34-20?,39-38?/t24-,28-/m0/s1. The molecule has 312 valence electrons. The number of amides is 2. The number of aryl methyl sites for hydroxylation is 1. The number of hydrogen-bond acceptors (Lipinski definition) is 10. The molecule has 14 nitrogen and oxygen atoms in total. The first kappa shape index (κ1) is 42.6. The van der Waals surface area contributed by atoms with E-state index in [1.165, 1.54) is 6.08 Å². The number of nitrogens with zero attached hydrogens (tertiary/aromatic N) is 2. The molecule has 0 fully saturated rings. The van der Waals surface area contributed by atoms with Gasteiger partial charge in [-0.15, -0.1) is 0 Å². The summed E-state index contributed by atoms with van der Waals surface area (Å²) >= 11 is 0. The number of esters is 3. The molecule has 4 N–H and O–H groups in total. The molecule has 0 aliphatic carbocycles. The zero-order valence-electron chi connectivity index (χ0n) is 35.7. The summed E-state index contributed by atoms with van der Waals surface area (Å²) in [4.78, 5) is 82.3. The predicted octanol–water partition coefficient (Wildman–Crippen LogP) is 8.13. The second kappa shape index (κ2) is 16.3. The van der Waals surface area contributed by atoms with Crippen molar-refractivity contribution in [1.82, 2.24) is 30.6 Å². The number of hydrogen-bond donors (Lipinski definition) is 4.